The van der Waals surface area contributed by atoms with Gasteiger partial charge >= 0.3 is 0 Å². The molecule has 0 amide bonds. The average molecular weight is 458 g/mol. The van der Waals surface area contributed by atoms with Crippen molar-refractivity contribution in [2.24, 2.45) is 29.1 Å². The van der Waals surface area contributed by atoms with Crippen molar-refractivity contribution in [3.63, 3.8) is 0 Å². The minimum atomic E-state index is 0.424. The van der Waals surface area contributed by atoms with Gasteiger partial charge in [0.1, 0.15) is 0 Å². The van der Waals surface area contributed by atoms with Gasteiger partial charge < -0.3 is 10.2 Å². The summed E-state index contributed by atoms with van der Waals surface area (Å²) >= 11 is 8.40. The maximum absolute atomic E-state index is 6.38. The third kappa shape index (κ3) is 7.01. The van der Waals surface area contributed by atoms with Gasteiger partial charge in [-0.25, -0.2) is 0 Å². The molecular weight excluding hydrogens is 410 g/mol. The van der Waals surface area contributed by atoms with Crippen molar-refractivity contribution in [1.29, 1.82) is 0 Å². The Morgan fingerprint density at radius 2 is 1.80 bits per heavy atom. The van der Waals surface area contributed by atoms with Crippen molar-refractivity contribution < 1.29 is 0 Å². The number of rotatable bonds is 9. The highest BCUT2D eigenvalue weighted by Gasteiger charge is 2.41. The highest BCUT2D eigenvalue weighted by molar-refractivity contribution is 7.96. The molecule has 3 aliphatic rings. The summed E-state index contributed by atoms with van der Waals surface area (Å²) in [4.78, 5) is 2.77. The minimum Gasteiger partial charge on any atom is -0.312 e. The highest BCUT2D eigenvalue weighted by atomic mass is 35.5. The summed E-state index contributed by atoms with van der Waals surface area (Å²) in [5, 5.41) is 4.43. The molecule has 2 aliphatic heterocycles. The molecule has 2 heterocycles. The second-order valence-electron chi connectivity index (χ2n) is 11.4. The molecule has 0 unspecified atom stereocenters. The van der Waals surface area contributed by atoms with E-state index in [0.717, 1.165) is 17.8 Å². The van der Waals surface area contributed by atoms with Gasteiger partial charge in [-0.15, -0.1) is 11.6 Å². The number of likely N-dealkylation sites (tertiary alicyclic amines) is 1. The van der Waals surface area contributed by atoms with Crippen LogP contribution in [0.15, 0.2) is 0 Å². The lowest BCUT2D eigenvalue weighted by Crippen LogP contribution is -2.53. The van der Waals surface area contributed by atoms with Crippen LogP contribution in [-0.2, 0) is 0 Å². The van der Waals surface area contributed by atoms with Gasteiger partial charge in [-0.05, 0) is 80.7 Å². The summed E-state index contributed by atoms with van der Waals surface area (Å²) in [6.07, 6.45) is 7.91. The molecule has 3 rings (SSSR count). The molecule has 5 heteroatoms. The molecule has 30 heavy (non-hydrogen) atoms. The van der Waals surface area contributed by atoms with Crippen LogP contribution in [-0.4, -0.2) is 65.6 Å². The predicted molar refractivity (Wildman–Crippen MR) is 134 cm³/mol. The van der Waals surface area contributed by atoms with Crippen LogP contribution in [0.3, 0.4) is 0 Å². The molecule has 3 atom stereocenters. The third-order valence-electron chi connectivity index (χ3n) is 8.15. The molecule has 0 bridgehead atoms. The number of hydrogen-bond acceptors (Lipinski definition) is 4. The first-order valence-electron chi connectivity index (χ1n) is 12.8. The van der Waals surface area contributed by atoms with Crippen molar-refractivity contribution >= 4 is 23.5 Å². The maximum Gasteiger partial charge on any atom is 0.0336 e. The number of alkyl halides is 1. The van der Waals surface area contributed by atoms with Crippen LogP contribution in [0.1, 0.15) is 73.1 Å². The van der Waals surface area contributed by atoms with Crippen molar-refractivity contribution in [2.75, 3.05) is 45.0 Å². The molecule has 0 radical (unpaired) electrons. The van der Waals surface area contributed by atoms with Gasteiger partial charge in [-0.2, -0.15) is 0 Å². The fourth-order valence-electron chi connectivity index (χ4n) is 6.37. The molecule has 176 valence electrons. The standard InChI is InChI=1S/C25H48ClN3S/c1-6-30-29-14-11-20(16-29)15-27-24(19(2)3)17-28-13-12-23(25(4,5)18-28)21-7-9-22(26)10-8-21/h19-24,27H,6-18H2,1-5H3/t20-,21?,22?,23+,24-/m0/s1. The van der Waals surface area contributed by atoms with Crippen molar-refractivity contribution in [3.05, 3.63) is 0 Å². The second kappa shape index (κ2) is 11.6. The fourth-order valence-corrected chi connectivity index (χ4v) is 7.53. The van der Waals surface area contributed by atoms with Gasteiger partial charge in [-0.1, -0.05) is 46.6 Å². The monoisotopic (exact) mass is 457 g/mol. The Hall–Kier alpha value is 0.520. The highest BCUT2D eigenvalue weighted by Crippen LogP contribution is 2.45. The van der Waals surface area contributed by atoms with E-state index in [1.54, 1.807) is 0 Å². The predicted octanol–water partition coefficient (Wildman–Crippen LogP) is 5.74. The molecule has 0 aromatic heterocycles. The van der Waals surface area contributed by atoms with E-state index < -0.39 is 0 Å². The third-order valence-corrected chi connectivity index (χ3v) is 9.54. The molecular formula is C25H48ClN3S. The lowest BCUT2D eigenvalue weighted by molar-refractivity contribution is 0.00469. The summed E-state index contributed by atoms with van der Waals surface area (Å²) in [6.45, 7) is 19.6. The van der Waals surface area contributed by atoms with E-state index in [1.165, 1.54) is 83.5 Å². The van der Waals surface area contributed by atoms with E-state index in [0.29, 0.717) is 22.8 Å². The van der Waals surface area contributed by atoms with Crippen LogP contribution in [0, 0.1) is 29.1 Å². The van der Waals surface area contributed by atoms with Crippen LogP contribution < -0.4 is 5.32 Å². The zero-order valence-electron chi connectivity index (χ0n) is 20.3. The fraction of sp³-hybridized carbons (Fsp3) is 1.00. The topological polar surface area (TPSA) is 18.5 Å². The van der Waals surface area contributed by atoms with Crippen LogP contribution in [0.2, 0.25) is 0 Å². The minimum absolute atomic E-state index is 0.424. The van der Waals surface area contributed by atoms with Gasteiger partial charge in [0.05, 0.1) is 0 Å². The van der Waals surface area contributed by atoms with Crippen molar-refractivity contribution in [1.82, 2.24) is 14.5 Å². The largest absolute Gasteiger partial charge is 0.312 e. The summed E-state index contributed by atoms with van der Waals surface area (Å²) in [7, 11) is 0. The molecule has 3 fully saturated rings. The van der Waals surface area contributed by atoms with Gasteiger partial charge in [0.25, 0.3) is 0 Å². The van der Waals surface area contributed by atoms with E-state index in [2.05, 4.69) is 49.1 Å². The Kier molecular flexibility index (Phi) is 9.71. The smallest absolute Gasteiger partial charge is 0.0336 e. The van der Waals surface area contributed by atoms with Crippen molar-refractivity contribution in [2.45, 2.75) is 84.6 Å². The van der Waals surface area contributed by atoms with Crippen LogP contribution in [0.25, 0.3) is 0 Å². The van der Waals surface area contributed by atoms with Gasteiger partial charge in [0.2, 0.25) is 0 Å². The van der Waals surface area contributed by atoms with E-state index in [4.69, 9.17) is 11.6 Å². The molecule has 1 N–H and O–H groups in total. The number of hydrogen-bond donors (Lipinski definition) is 1. The van der Waals surface area contributed by atoms with E-state index in [1.807, 2.05) is 11.9 Å². The maximum atomic E-state index is 6.38. The normalized spacial score (nSPS) is 34.5. The Labute approximate surface area is 196 Å². The SMILES string of the molecule is CCSN1CC[C@@H](CN[C@@H](CN2CC[C@H](C3CCC(Cl)CC3)C(C)(C)C2)C(C)C)C1. The summed E-state index contributed by atoms with van der Waals surface area (Å²) < 4.78 is 2.57. The molecule has 3 nitrogen and oxygen atoms in total. The molecule has 0 aromatic rings. The molecule has 0 aromatic carbocycles. The Bertz CT molecular complexity index is 507. The van der Waals surface area contributed by atoms with Gasteiger partial charge in [0, 0.05) is 43.4 Å². The van der Waals surface area contributed by atoms with E-state index >= 15 is 0 Å². The average Bonchev–Trinajstić information content (AvgIpc) is 3.13. The number of piperidine rings is 1. The van der Waals surface area contributed by atoms with Crippen molar-refractivity contribution in [3.8, 4) is 0 Å². The van der Waals surface area contributed by atoms with Crippen LogP contribution in [0.5, 0.6) is 0 Å². The Morgan fingerprint density at radius 1 is 1.07 bits per heavy atom. The zero-order valence-corrected chi connectivity index (χ0v) is 21.9. The summed E-state index contributed by atoms with van der Waals surface area (Å²) in [5.74, 6) is 4.50. The van der Waals surface area contributed by atoms with Crippen LogP contribution in [0.4, 0.5) is 0 Å². The van der Waals surface area contributed by atoms with Crippen LogP contribution >= 0.6 is 23.5 Å². The first-order valence-corrected chi connectivity index (χ1v) is 14.1. The summed E-state index contributed by atoms with van der Waals surface area (Å²) in [6, 6.07) is 0.608. The molecule has 1 saturated carbocycles. The number of nitrogens with one attached hydrogen (secondary N) is 1. The zero-order chi connectivity index (χ0) is 21.7. The first kappa shape index (κ1) is 25.1. The molecule has 1 aliphatic carbocycles. The van der Waals surface area contributed by atoms with E-state index in [-0.39, 0.29) is 0 Å². The van der Waals surface area contributed by atoms with E-state index in [9.17, 15) is 0 Å². The second-order valence-corrected chi connectivity index (χ2v) is 13.3. The lowest BCUT2D eigenvalue weighted by Gasteiger charge is -2.49. The van der Waals surface area contributed by atoms with Gasteiger partial charge in [-0.3, -0.25) is 4.31 Å². The lowest BCUT2D eigenvalue weighted by atomic mass is 9.64. The Morgan fingerprint density at radius 3 is 2.43 bits per heavy atom. The summed E-state index contributed by atoms with van der Waals surface area (Å²) in [5.41, 5.74) is 0.424. The molecule has 2 saturated heterocycles. The quantitative estimate of drug-likeness (QED) is 0.351. The van der Waals surface area contributed by atoms with Gasteiger partial charge in [0.15, 0.2) is 0 Å². The first-order chi connectivity index (χ1) is 14.3. The molecule has 0 spiro atoms. The number of nitrogens with zero attached hydrogens (tertiary/aromatic N) is 2. The Balaban J connectivity index is 1.47. The number of halogens is 1.